The van der Waals surface area contributed by atoms with Gasteiger partial charge in [0, 0.05) is 49.6 Å². The van der Waals surface area contributed by atoms with Gasteiger partial charge in [-0.05, 0) is 66.6 Å². The van der Waals surface area contributed by atoms with E-state index in [4.69, 9.17) is 15.2 Å². The number of aliphatic hydroxyl groups excluding tert-OH is 1. The molecule has 2 heterocycles. The van der Waals surface area contributed by atoms with Crippen LogP contribution in [0.3, 0.4) is 0 Å². The first kappa shape index (κ1) is 38.2. The van der Waals surface area contributed by atoms with Crippen LogP contribution in [0.15, 0.2) is 52.4 Å². The molecule has 0 unspecified atom stereocenters. The molecule has 2 aromatic carbocycles. The highest BCUT2D eigenvalue weighted by Crippen LogP contribution is 2.49. The number of aliphatic hydroxyl groups is 1. The van der Waals surface area contributed by atoms with Crippen LogP contribution >= 0.6 is 0 Å². The number of anilines is 2. The van der Waals surface area contributed by atoms with Crippen LogP contribution in [0.4, 0.5) is 11.4 Å². The molecule has 11 heteroatoms. The summed E-state index contributed by atoms with van der Waals surface area (Å²) in [6.45, 7) is 11.5. The van der Waals surface area contributed by atoms with E-state index in [1.54, 1.807) is 6.07 Å². The summed E-state index contributed by atoms with van der Waals surface area (Å²) in [5, 5.41) is 11.8. The van der Waals surface area contributed by atoms with E-state index >= 15 is 0 Å². The molecule has 260 valence electrons. The molecule has 47 heavy (non-hydrogen) atoms. The second-order valence-electron chi connectivity index (χ2n) is 13.3. The number of aliphatic imine (C=N–C) groups is 1. The number of ether oxygens (including phenoxy) is 2. The number of esters is 1. The Balaban J connectivity index is 0.000000300. The number of fused-ring (bicyclic) bond motifs is 1. The number of isocyanates is 1. The molecular weight excluding hydrogens is 618 g/mol. The zero-order chi connectivity index (χ0) is 35.1. The standard InChI is InChI=1S/C24H34N2O3S.C12H19NO4/c1-5-7-13-24(6-2)16-30(28,29)21-12-11-19(26(3)4)15-20(21)22(23(24)27)17-9-8-10-18(25)14-17;1-5-10-7(2)8(3)11(16-9(4)15)12(17-10)13-6-14/h8-12,14-15,22-23,27H,5-7,13,16,25H2,1-4H3;7-8,10-12H,5H2,1-4H3/t22-,23-,24+;7-,8-,10+,11+,12+/m00/s1. The Labute approximate surface area is 280 Å². The van der Waals surface area contributed by atoms with Crippen LogP contribution in [-0.4, -0.2) is 70.0 Å². The minimum Gasteiger partial charge on any atom is -0.457 e. The van der Waals surface area contributed by atoms with Gasteiger partial charge in [-0.25, -0.2) is 13.2 Å². The summed E-state index contributed by atoms with van der Waals surface area (Å²) in [6, 6.07) is 12.9. The van der Waals surface area contributed by atoms with Crippen molar-refractivity contribution in [3.05, 3.63) is 53.6 Å². The number of nitrogens with two attached hydrogens (primary N) is 1. The molecule has 4 rings (SSSR count). The Morgan fingerprint density at radius 1 is 1.15 bits per heavy atom. The minimum absolute atomic E-state index is 0.0268. The molecule has 0 aromatic heterocycles. The molecule has 1 saturated heterocycles. The molecule has 2 aromatic rings. The molecule has 2 aliphatic heterocycles. The highest BCUT2D eigenvalue weighted by molar-refractivity contribution is 7.91. The zero-order valence-electron chi connectivity index (χ0n) is 29.1. The van der Waals surface area contributed by atoms with Crippen LogP contribution in [0.1, 0.15) is 90.7 Å². The van der Waals surface area contributed by atoms with E-state index in [0.717, 1.165) is 30.5 Å². The zero-order valence-corrected chi connectivity index (χ0v) is 29.9. The quantitative estimate of drug-likeness (QED) is 0.145. The van der Waals surface area contributed by atoms with Gasteiger partial charge in [-0.15, -0.1) is 0 Å². The van der Waals surface area contributed by atoms with Gasteiger partial charge >= 0.3 is 5.97 Å². The van der Waals surface area contributed by atoms with Crippen molar-refractivity contribution in [2.45, 2.75) is 109 Å². The summed E-state index contributed by atoms with van der Waals surface area (Å²) in [4.78, 5) is 27.3. The maximum atomic E-state index is 13.6. The molecular formula is C36H53N3O7S. The van der Waals surface area contributed by atoms with E-state index in [1.807, 2.05) is 76.2 Å². The summed E-state index contributed by atoms with van der Waals surface area (Å²) in [5.41, 5.74) is 8.39. The van der Waals surface area contributed by atoms with Crippen molar-refractivity contribution in [2.75, 3.05) is 30.5 Å². The highest BCUT2D eigenvalue weighted by atomic mass is 32.2. The second-order valence-corrected chi connectivity index (χ2v) is 15.2. The Morgan fingerprint density at radius 2 is 1.85 bits per heavy atom. The molecule has 0 spiro atoms. The predicted octanol–water partition coefficient (Wildman–Crippen LogP) is 5.86. The van der Waals surface area contributed by atoms with Gasteiger partial charge in [-0.2, -0.15) is 4.99 Å². The van der Waals surface area contributed by atoms with Gasteiger partial charge in [0.05, 0.1) is 22.9 Å². The number of rotatable bonds is 9. The van der Waals surface area contributed by atoms with Crippen molar-refractivity contribution in [3.8, 4) is 0 Å². The fraction of sp³-hybridized carbons (Fsp3) is 0.611. The van der Waals surface area contributed by atoms with E-state index in [2.05, 4.69) is 18.8 Å². The number of carbonyl (C=O) groups is 1. The van der Waals surface area contributed by atoms with Crippen LogP contribution in [0.5, 0.6) is 0 Å². The van der Waals surface area contributed by atoms with E-state index < -0.39 is 45.6 Å². The van der Waals surface area contributed by atoms with Crippen LogP contribution in [0, 0.1) is 17.3 Å². The smallest absolute Gasteiger partial charge is 0.303 e. The Bertz CT molecular complexity index is 1520. The average molecular weight is 672 g/mol. The van der Waals surface area contributed by atoms with Crippen molar-refractivity contribution in [1.29, 1.82) is 0 Å². The second kappa shape index (κ2) is 16.2. The maximum Gasteiger partial charge on any atom is 0.303 e. The number of unbranched alkanes of at least 4 members (excludes halogenated alkanes) is 1. The lowest BCUT2D eigenvalue weighted by atomic mass is 9.69. The molecule has 0 radical (unpaired) electrons. The molecule has 0 amide bonds. The van der Waals surface area contributed by atoms with Gasteiger partial charge in [-0.1, -0.05) is 59.6 Å². The SMILES string of the molecule is CCCC[C@]1(CC)CS(=O)(=O)c2ccc(N(C)C)cc2[C@H](c2cccc(N)c2)[C@@H]1O.CC[C@H]1O[C@@H](N=C=O)[C@H](OC(C)=O)[C@@H](C)[C@@H]1C. The van der Waals surface area contributed by atoms with Gasteiger partial charge < -0.3 is 25.2 Å². The lowest BCUT2D eigenvalue weighted by Crippen LogP contribution is -2.50. The molecule has 0 aliphatic carbocycles. The number of sulfone groups is 1. The van der Waals surface area contributed by atoms with Crippen LogP contribution < -0.4 is 10.6 Å². The molecule has 10 nitrogen and oxygen atoms in total. The van der Waals surface area contributed by atoms with Crippen molar-refractivity contribution in [1.82, 2.24) is 0 Å². The number of nitrogens with zero attached hydrogens (tertiary/aromatic N) is 2. The lowest BCUT2D eigenvalue weighted by molar-refractivity contribution is -0.192. The monoisotopic (exact) mass is 671 g/mol. The van der Waals surface area contributed by atoms with E-state index in [-0.39, 0.29) is 23.7 Å². The third-order valence-electron chi connectivity index (χ3n) is 10.0. The van der Waals surface area contributed by atoms with Crippen LogP contribution in [0.25, 0.3) is 0 Å². The van der Waals surface area contributed by atoms with Crippen molar-refractivity contribution < 1.29 is 32.6 Å². The molecule has 0 saturated carbocycles. The fourth-order valence-electron chi connectivity index (χ4n) is 7.02. The maximum absolute atomic E-state index is 13.6. The number of nitrogen functional groups attached to an aromatic ring is 1. The first-order valence-electron chi connectivity index (χ1n) is 16.6. The van der Waals surface area contributed by atoms with E-state index in [1.165, 1.54) is 13.0 Å². The predicted molar refractivity (Wildman–Crippen MR) is 185 cm³/mol. The van der Waals surface area contributed by atoms with E-state index in [9.17, 15) is 23.1 Å². The average Bonchev–Trinajstić information content (AvgIpc) is 3.09. The van der Waals surface area contributed by atoms with E-state index in [0.29, 0.717) is 29.0 Å². The van der Waals surface area contributed by atoms with Gasteiger partial charge in [0.15, 0.2) is 22.2 Å². The van der Waals surface area contributed by atoms with Crippen molar-refractivity contribution in [2.24, 2.45) is 22.2 Å². The summed E-state index contributed by atoms with van der Waals surface area (Å²) in [5.74, 6) is -0.538. The van der Waals surface area contributed by atoms with Gasteiger partial charge in [0.1, 0.15) is 0 Å². The topological polar surface area (TPSA) is 149 Å². The summed E-state index contributed by atoms with van der Waals surface area (Å²) in [7, 11) is 0.289. The summed E-state index contributed by atoms with van der Waals surface area (Å²) in [6.07, 6.45) is 3.38. The van der Waals surface area contributed by atoms with Gasteiger partial charge in [-0.3, -0.25) is 4.79 Å². The van der Waals surface area contributed by atoms with Crippen LogP contribution in [0.2, 0.25) is 0 Å². The Hall–Kier alpha value is -3.24. The number of carbonyl (C=O) groups excluding carboxylic acids is 2. The minimum atomic E-state index is -3.56. The molecule has 1 fully saturated rings. The number of benzene rings is 2. The normalized spacial score (nSPS) is 29.6. The molecule has 2 aliphatic rings. The Kier molecular flexibility index (Phi) is 13.2. The van der Waals surface area contributed by atoms with Gasteiger partial charge in [0.25, 0.3) is 0 Å². The third kappa shape index (κ3) is 8.62. The van der Waals surface area contributed by atoms with Crippen molar-refractivity contribution >= 4 is 33.3 Å². The van der Waals surface area contributed by atoms with Crippen LogP contribution in [-0.2, 0) is 28.9 Å². The molecule has 3 N–H and O–H groups in total. The fourth-order valence-corrected chi connectivity index (χ4v) is 9.27. The largest absolute Gasteiger partial charge is 0.457 e. The number of hydrogen-bond acceptors (Lipinski definition) is 10. The summed E-state index contributed by atoms with van der Waals surface area (Å²) < 4.78 is 38.0. The first-order chi connectivity index (χ1) is 22.2. The molecule has 8 atom stereocenters. The highest BCUT2D eigenvalue weighted by Gasteiger charge is 2.49. The first-order valence-corrected chi connectivity index (χ1v) is 18.3. The van der Waals surface area contributed by atoms with Gasteiger partial charge in [0.2, 0.25) is 6.08 Å². The molecule has 0 bridgehead atoms. The summed E-state index contributed by atoms with van der Waals surface area (Å²) >= 11 is 0. The van der Waals surface area contributed by atoms with Crippen molar-refractivity contribution in [3.63, 3.8) is 0 Å². The number of hydrogen-bond donors (Lipinski definition) is 2. The third-order valence-corrected chi connectivity index (χ3v) is 12.0. The lowest BCUT2D eigenvalue weighted by Gasteiger charge is -2.41. The Morgan fingerprint density at radius 3 is 2.40 bits per heavy atom.